The Hall–Kier alpha value is -3.92. The van der Waals surface area contributed by atoms with Crippen molar-refractivity contribution in [3.8, 4) is 11.1 Å². The Morgan fingerprint density at radius 1 is 0.791 bits per heavy atom. The van der Waals surface area contributed by atoms with E-state index in [4.69, 9.17) is 10.5 Å². The minimum absolute atomic E-state index is 0.0107. The molecule has 2 atom stereocenters. The van der Waals surface area contributed by atoms with Crippen molar-refractivity contribution in [1.82, 2.24) is 21.5 Å². The van der Waals surface area contributed by atoms with Crippen LogP contribution in [-0.2, 0) is 19.1 Å². The molecular formula is C33H47N5O5. The Bertz CT molecular complexity index is 1200. The van der Waals surface area contributed by atoms with Crippen molar-refractivity contribution in [2.45, 2.75) is 84.2 Å². The van der Waals surface area contributed by atoms with Crippen molar-refractivity contribution in [2.75, 3.05) is 13.2 Å². The summed E-state index contributed by atoms with van der Waals surface area (Å²) < 4.78 is 5.55. The average molecular weight is 594 g/mol. The van der Waals surface area contributed by atoms with Gasteiger partial charge in [-0.15, -0.1) is 0 Å². The number of nitrogens with one attached hydrogen (secondary N) is 4. The van der Waals surface area contributed by atoms with Gasteiger partial charge in [0.05, 0.1) is 6.04 Å². The lowest BCUT2D eigenvalue weighted by atomic mass is 9.98. The van der Waals surface area contributed by atoms with Crippen molar-refractivity contribution < 1.29 is 23.9 Å². The van der Waals surface area contributed by atoms with Gasteiger partial charge in [-0.2, -0.15) is 0 Å². The quantitative estimate of drug-likeness (QED) is 0.155. The molecule has 0 aromatic heterocycles. The third-order valence-electron chi connectivity index (χ3n) is 7.42. The summed E-state index contributed by atoms with van der Waals surface area (Å²) in [5, 5.41) is 5.50. The van der Waals surface area contributed by atoms with E-state index < -0.39 is 24.1 Å². The van der Waals surface area contributed by atoms with Crippen LogP contribution in [0.15, 0.2) is 48.5 Å². The summed E-state index contributed by atoms with van der Waals surface area (Å²) in [6.45, 7) is 8.54. The maximum absolute atomic E-state index is 12.7. The van der Waals surface area contributed by atoms with E-state index in [1.165, 1.54) is 11.1 Å². The lowest BCUT2D eigenvalue weighted by Gasteiger charge is -2.22. The van der Waals surface area contributed by atoms with E-state index in [-0.39, 0.29) is 42.6 Å². The molecule has 1 aliphatic carbocycles. The second kappa shape index (κ2) is 16.6. The highest BCUT2D eigenvalue weighted by atomic mass is 16.5. The Morgan fingerprint density at radius 3 is 2.00 bits per heavy atom. The van der Waals surface area contributed by atoms with E-state index in [0.717, 1.165) is 11.1 Å². The fourth-order valence-corrected chi connectivity index (χ4v) is 5.30. The minimum atomic E-state index is -0.796. The molecule has 2 aromatic rings. The van der Waals surface area contributed by atoms with Gasteiger partial charge in [-0.3, -0.25) is 25.2 Å². The Morgan fingerprint density at radius 2 is 1.40 bits per heavy atom. The van der Waals surface area contributed by atoms with Crippen LogP contribution in [0, 0.1) is 11.8 Å². The molecule has 0 heterocycles. The van der Waals surface area contributed by atoms with Crippen LogP contribution < -0.4 is 27.2 Å². The highest BCUT2D eigenvalue weighted by Gasteiger charge is 2.29. The first-order valence-corrected chi connectivity index (χ1v) is 15.3. The number of nitrogens with two attached hydrogens (primary N) is 1. The molecule has 0 unspecified atom stereocenters. The number of hydrazine groups is 1. The number of alkyl carbamates (subject to hydrolysis) is 1. The molecule has 0 bridgehead atoms. The fourth-order valence-electron chi connectivity index (χ4n) is 5.30. The molecule has 10 heteroatoms. The van der Waals surface area contributed by atoms with E-state index >= 15 is 0 Å². The molecule has 43 heavy (non-hydrogen) atoms. The zero-order chi connectivity index (χ0) is 31.4. The molecule has 0 aliphatic heterocycles. The molecule has 3 rings (SSSR count). The molecule has 0 saturated heterocycles. The van der Waals surface area contributed by atoms with Gasteiger partial charge in [-0.05, 0) is 59.8 Å². The van der Waals surface area contributed by atoms with Gasteiger partial charge >= 0.3 is 6.09 Å². The molecule has 6 N–H and O–H groups in total. The zero-order valence-electron chi connectivity index (χ0n) is 25.8. The van der Waals surface area contributed by atoms with Gasteiger partial charge in [-0.1, -0.05) is 82.6 Å². The third-order valence-corrected chi connectivity index (χ3v) is 7.42. The number of rotatable bonds is 15. The van der Waals surface area contributed by atoms with Gasteiger partial charge in [-0.25, -0.2) is 4.79 Å². The van der Waals surface area contributed by atoms with Crippen LogP contribution in [0.1, 0.15) is 83.3 Å². The van der Waals surface area contributed by atoms with Gasteiger partial charge < -0.3 is 21.1 Å². The summed E-state index contributed by atoms with van der Waals surface area (Å²) in [5.41, 5.74) is 15.5. The molecule has 0 fully saturated rings. The Balaban J connectivity index is 1.30. The van der Waals surface area contributed by atoms with Crippen LogP contribution in [0.4, 0.5) is 4.79 Å². The molecule has 0 saturated carbocycles. The van der Waals surface area contributed by atoms with Crippen LogP contribution in [0.3, 0.4) is 0 Å². The van der Waals surface area contributed by atoms with Crippen molar-refractivity contribution in [1.29, 1.82) is 0 Å². The van der Waals surface area contributed by atoms with Crippen LogP contribution in [0.5, 0.6) is 0 Å². The molecule has 234 valence electrons. The van der Waals surface area contributed by atoms with Gasteiger partial charge in [0.2, 0.25) is 11.8 Å². The summed E-state index contributed by atoms with van der Waals surface area (Å²) in [6, 6.07) is 14.9. The summed E-state index contributed by atoms with van der Waals surface area (Å²) in [4.78, 5) is 49.7. The van der Waals surface area contributed by atoms with Crippen molar-refractivity contribution in [3.05, 3.63) is 59.7 Å². The predicted octanol–water partition coefficient (Wildman–Crippen LogP) is 4.14. The molecule has 10 nitrogen and oxygen atoms in total. The number of unbranched alkanes of at least 4 members (excludes halogenated alkanes) is 2. The first-order chi connectivity index (χ1) is 20.6. The maximum Gasteiger partial charge on any atom is 0.407 e. The standard InChI is InChI=1S/C33H47N5O5/c1-21(2)18-28(34)31(40)36-29(19-22(3)4)32(41)38-37-30(39)16-6-5-11-17-35-33(42)43-20-27-25-14-9-7-12-23(25)24-13-8-10-15-26(24)27/h7-10,12-15,21-22,27-29H,5-6,11,16-20,34H2,1-4H3,(H,35,42)(H,36,40)(H,37,39)(H,38,41)/t28-,29+/m0/s1. The van der Waals surface area contributed by atoms with Crippen LogP contribution in [0.2, 0.25) is 0 Å². The third kappa shape index (κ3) is 10.4. The lowest BCUT2D eigenvalue weighted by Crippen LogP contribution is -2.55. The fraction of sp³-hybridized carbons (Fsp3) is 0.515. The van der Waals surface area contributed by atoms with Gasteiger partial charge in [0.25, 0.3) is 5.91 Å². The number of fused-ring (bicyclic) bond motifs is 3. The molecule has 4 amide bonds. The Kier molecular flexibility index (Phi) is 13.0. The van der Waals surface area contributed by atoms with Crippen molar-refractivity contribution in [3.63, 3.8) is 0 Å². The van der Waals surface area contributed by atoms with E-state index in [9.17, 15) is 19.2 Å². The number of benzene rings is 2. The highest BCUT2D eigenvalue weighted by Crippen LogP contribution is 2.44. The van der Waals surface area contributed by atoms with Crippen molar-refractivity contribution in [2.24, 2.45) is 17.6 Å². The number of carbonyl (C=O) groups excluding carboxylic acids is 4. The number of ether oxygens (including phenoxy) is 1. The van der Waals surface area contributed by atoms with Gasteiger partial charge in [0, 0.05) is 18.9 Å². The first-order valence-electron chi connectivity index (χ1n) is 15.3. The molecule has 0 spiro atoms. The van der Waals surface area contributed by atoms with Crippen LogP contribution >= 0.6 is 0 Å². The van der Waals surface area contributed by atoms with E-state index in [2.05, 4.69) is 45.8 Å². The lowest BCUT2D eigenvalue weighted by molar-refractivity contribution is -0.133. The van der Waals surface area contributed by atoms with Crippen LogP contribution in [-0.4, -0.2) is 49.1 Å². The Labute approximate surface area is 254 Å². The van der Waals surface area contributed by atoms with Gasteiger partial charge in [0.1, 0.15) is 12.6 Å². The topological polar surface area (TPSA) is 152 Å². The first kappa shape index (κ1) is 33.6. The number of amides is 4. The van der Waals surface area contributed by atoms with Crippen LogP contribution in [0.25, 0.3) is 11.1 Å². The molecule has 2 aromatic carbocycles. The number of hydrogen-bond donors (Lipinski definition) is 5. The van der Waals surface area contributed by atoms with Gasteiger partial charge in [0.15, 0.2) is 0 Å². The highest BCUT2D eigenvalue weighted by molar-refractivity contribution is 5.90. The normalized spacial score (nSPS) is 13.6. The number of carbonyl (C=O) groups is 4. The second-order valence-corrected chi connectivity index (χ2v) is 12.0. The van der Waals surface area contributed by atoms with E-state index in [1.54, 1.807) is 0 Å². The maximum atomic E-state index is 12.7. The zero-order valence-corrected chi connectivity index (χ0v) is 25.8. The monoisotopic (exact) mass is 593 g/mol. The van der Waals surface area contributed by atoms with E-state index in [0.29, 0.717) is 38.6 Å². The summed E-state index contributed by atoms with van der Waals surface area (Å²) in [5.74, 6) is -0.788. The minimum Gasteiger partial charge on any atom is -0.449 e. The van der Waals surface area contributed by atoms with Crippen molar-refractivity contribution >= 4 is 23.8 Å². The summed E-state index contributed by atoms with van der Waals surface area (Å²) >= 11 is 0. The summed E-state index contributed by atoms with van der Waals surface area (Å²) in [6.07, 6.45) is 2.66. The summed E-state index contributed by atoms with van der Waals surface area (Å²) in [7, 11) is 0. The molecular weight excluding hydrogens is 546 g/mol. The number of hydrogen-bond acceptors (Lipinski definition) is 6. The smallest absolute Gasteiger partial charge is 0.407 e. The second-order valence-electron chi connectivity index (χ2n) is 12.0. The molecule has 0 radical (unpaired) electrons. The molecule has 1 aliphatic rings. The average Bonchev–Trinajstić information content (AvgIpc) is 3.29. The SMILES string of the molecule is CC(C)C[C@H](N)C(=O)N[C@H](CC(C)C)C(=O)NNC(=O)CCCCCNC(=O)OCC1c2ccccc2-c2ccccc21. The largest absolute Gasteiger partial charge is 0.449 e. The predicted molar refractivity (Wildman–Crippen MR) is 167 cm³/mol. The van der Waals surface area contributed by atoms with E-state index in [1.807, 2.05) is 52.0 Å².